The number of oxazole rings is 1. The van der Waals surface area contributed by atoms with Gasteiger partial charge in [0.05, 0.1) is 19.3 Å². The standard InChI is InChI=1S/C22H19F2N5O4/c23-21(24)20-19(26-13-33-20)9-25-22(31)15-6-4-14(5-7-15)10-29-11-16(27-28-29)12-32-18-3-1-2-17(30)8-18/h1-8,11,13,21,30H,9-10,12H2,(H,25,31). The van der Waals surface area contributed by atoms with Crippen LogP contribution in [0.5, 0.6) is 11.5 Å². The first kappa shape index (κ1) is 21.9. The molecule has 0 aliphatic heterocycles. The Labute approximate surface area is 186 Å². The number of rotatable bonds is 9. The molecule has 2 aromatic heterocycles. The van der Waals surface area contributed by atoms with Crippen molar-refractivity contribution >= 4 is 5.91 Å². The normalized spacial score (nSPS) is 11.0. The van der Waals surface area contributed by atoms with Gasteiger partial charge < -0.3 is 19.6 Å². The Morgan fingerprint density at radius 3 is 2.79 bits per heavy atom. The number of aromatic hydroxyl groups is 1. The van der Waals surface area contributed by atoms with Crippen LogP contribution in [0.4, 0.5) is 8.78 Å². The van der Waals surface area contributed by atoms with Crippen LogP contribution >= 0.6 is 0 Å². The summed E-state index contributed by atoms with van der Waals surface area (Å²) in [6.07, 6.45) is -0.136. The number of nitrogens with one attached hydrogen (secondary N) is 1. The van der Waals surface area contributed by atoms with Crippen molar-refractivity contribution in [2.24, 2.45) is 0 Å². The molecule has 33 heavy (non-hydrogen) atoms. The fourth-order valence-corrected chi connectivity index (χ4v) is 3.02. The lowest BCUT2D eigenvalue weighted by Gasteiger charge is -2.06. The number of alkyl halides is 2. The minimum atomic E-state index is -2.80. The summed E-state index contributed by atoms with van der Waals surface area (Å²) in [5.74, 6) is -0.334. The van der Waals surface area contributed by atoms with E-state index in [4.69, 9.17) is 4.74 Å². The summed E-state index contributed by atoms with van der Waals surface area (Å²) in [6, 6.07) is 13.3. The SMILES string of the molecule is O=C(NCc1ncoc1C(F)F)c1ccc(Cn2cc(COc3cccc(O)c3)nn2)cc1. The molecule has 0 radical (unpaired) electrons. The smallest absolute Gasteiger partial charge is 0.297 e. The van der Waals surface area contributed by atoms with E-state index in [1.807, 2.05) is 0 Å². The Bertz CT molecular complexity index is 1220. The maximum Gasteiger partial charge on any atom is 0.297 e. The molecule has 4 rings (SSSR count). The van der Waals surface area contributed by atoms with Crippen LogP contribution in [-0.4, -0.2) is 31.0 Å². The zero-order chi connectivity index (χ0) is 23.2. The molecule has 2 heterocycles. The monoisotopic (exact) mass is 455 g/mol. The van der Waals surface area contributed by atoms with Crippen LogP contribution in [-0.2, 0) is 19.7 Å². The highest BCUT2D eigenvalue weighted by molar-refractivity contribution is 5.94. The van der Waals surface area contributed by atoms with Gasteiger partial charge in [-0.3, -0.25) is 4.79 Å². The topological polar surface area (TPSA) is 115 Å². The average molecular weight is 455 g/mol. The van der Waals surface area contributed by atoms with Gasteiger partial charge in [0.25, 0.3) is 12.3 Å². The molecule has 0 bridgehead atoms. The highest BCUT2D eigenvalue weighted by Crippen LogP contribution is 2.22. The van der Waals surface area contributed by atoms with Gasteiger partial charge >= 0.3 is 0 Å². The Morgan fingerprint density at radius 1 is 1.21 bits per heavy atom. The molecule has 4 aromatic rings. The molecule has 0 aliphatic carbocycles. The average Bonchev–Trinajstić information content (AvgIpc) is 3.46. The molecule has 11 heteroatoms. The van der Waals surface area contributed by atoms with Crippen molar-refractivity contribution in [2.75, 3.05) is 0 Å². The minimum absolute atomic E-state index is 0.00926. The van der Waals surface area contributed by atoms with Gasteiger partial charge in [-0.1, -0.05) is 23.4 Å². The lowest BCUT2D eigenvalue weighted by atomic mass is 10.1. The van der Waals surface area contributed by atoms with E-state index in [0.29, 0.717) is 23.6 Å². The number of benzene rings is 2. The molecule has 0 saturated carbocycles. The van der Waals surface area contributed by atoms with Gasteiger partial charge in [-0.2, -0.15) is 0 Å². The second-order valence-electron chi connectivity index (χ2n) is 7.04. The number of phenols is 1. The van der Waals surface area contributed by atoms with Crippen molar-refractivity contribution in [3.8, 4) is 11.5 Å². The summed E-state index contributed by atoms with van der Waals surface area (Å²) >= 11 is 0. The first-order valence-electron chi connectivity index (χ1n) is 9.86. The van der Waals surface area contributed by atoms with E-state index in [1.54, 1.807) is 53.3 Å². The fraction of sp³-hybridized carbons (Fsp3) is 0.182. The highest BCUT2D eigenvalue weighted by atomic mass is 19.3. The van der Waals surface area contributed by atoms with Crippen LogP contribution in [0.1, 0.15) is 39.5 Å². The second-order valence-corrected chi connectivity index (χ2v) is 7.04. The molecule has 2 aromatic carbocycles. The third-order valence-corrected chi connectivity index (χ3v) is 4.64. The number of hydrogen-bond acceptors (Lipinski definition) is 7. The number of hydrogen-bond donors (Lipinski definition) is 2. The van der Waals surface area contributed by atoms with Gasteiger partial charge in [0.15, 0.2) is 12.2 Å². The van der Waals surface area contributed by atoms with Crippen molar-refractivity contribution in [1.82, 2.24) is 25.3 Å². The number of nitrogens with zero attached hydrogens (tertiary/aromatic N) is 4. The lowest BCUT2D eigenvalue weighted by molar-refractivity contribution is 0.0946. The second kappa shape index (κ2) is 9.90. The Balaban J connectivity index is 1.29. The van der Waals surface area contributed by atoms with Gasteiger partial charge in [0.1, 0.15) is 29.5 Å². The summed E-state index contributed by atoms with van der Waals surface area (Å²) in [5.41, 5.74) is 1.86. The number of phenolic OH excluding ortho intramolecular Hbond substituents is 1. The quantitative estimate of drug-likeness (QED) is 0.397. The van der Waals surface area contributed by atoms with Gasteiger partial charge in [0, 0.05) is 11.6 Å². The van der Waals surface area contributed by atoms with Crippen molar-refractivity contribution < 1.29 is 27.8 Å². The number of amides is 1. The van der Waals surface area contributed by atoms with Crippen LogP contribution in [0.15, 0.2) is 65.5 Å². The summed E-state index contributed by atoms with van der Waals surface area (Å²) in [7, 11) is 0. The van der Waals surface area contributed by atoms with Gasteiger partial charge in [-0.05, 0) is 29.8 Å². The van der Waals surface area contributed by atoms with E-state index in [-0.39, 0.29) is 24.6 Å². The molecule has 0 aliphatic rings. The first-order chi connectivity index (χ1) is 16.0. The molecule has 0 atom stereocenters. The van der Waals surface area contributed by atoms with Crippen LogP contribution in [0, 0.1) is 0 Å². The lowest BCUT2D eigenvalue weighted by Crippen LogP contribution is -2.23. The maximum absolute atomic E-state index is 12.8. The third kappa shape index (κ3) is 5.70. The molecule has 0 spiro atoms. The molecule has 0 unspecified atom stereocenters. The molecular formula is C22H19F2N5O4. The van der Waals surface area contributed by atoms with Crippen molar-refractivity contribution in [1.29, 1.82) is 0 Å². The number of ether oxygens (including phenoxy) is 1. The Hall–Kier alpha value is -4.28. The molecular weight excluding hydrogens is 436 g/mol. The van der Waals surface area contributed by atoms with Crippen LogP contribution in [0.3, 0.4) is 0 Å². The number of halogens is 2. The first-order valence-corrected chi connectivity index (χ1v) is 9.86. The van der Waals surface area contributed by atoms with Crippen molar-refractivity contribution in [3.05, 3.63) is 89.4 Å². The van der Waals surface area contributed by atoms with Crippen LogP contribution in [0.2, 0.25) is 0 Å². The van der Waals surface area contributed by atoms with E-state index in [9.17, 15) is 18.7 Å². The molecule has 9 nitrogen and oxygen atoms in total. The van der Waals surface area contributed by atoms with E-state index in [2.05, 4.69) is 25.0 Å². The maximum atomic E-state index is 12.8. The van der Waals surface area contributed by atoms with Crippen LogP contribution < -0.4 is 10.1 Å². The number of aromatic nitrogens is 4. The molecule has 2 N–H and O–H groups in total. The largest absolute Gasteiger partial charge is 0.508 e. The van der Waals surface area contributed by atoms with Gasteiger partial charge in [-0.15, -0.1) is 5.10 Å². The van der Waals surface area contributed by atoms with E-state index >= 15 is 0 Å². The zero-order valence-corrected chi connectivity index (χ0v) is 17.2. The molecule has 1 amide bonds. The zero-order valence-electron chi connectivity index (χ0n) is 17.2. The molecule has 170 valence electrons. The Kier molecular flexibility index (Phi) is 6.58. The number of carbonyl (C=O) groups is 1. The summed E-state index contributed by atoms with van der Waals surface area (Å²) in [4.78, 5) is 16.0. The summed E-state index contributed by atoms with van der Waals surface area (Å²) < 4.78 is 37.4. The van der Waals surface area contributed by atoms with Crippen LogP contribution in [0.25, 0.3) is 0 Å². The number of carbonyl (C=O) groups excluding carboxylic acids is 1. The van der Waals surface area contributed by atoms with E-state index in [1.165, 1.54) is 6.07 Å². The summed E-state index contributed by atoms with van der Waals surface area (Å²) in [6.45, 7) is 0.461. The fourth-order valence-electron chi connectivity index (χ4n) is 3.02. The predicted molar refractivity (Wildman–Crippen MR) is 111 cm³/mol. The third-order valence-electron chi connectivity index (χ3n) is 4.64. The Morgan fingerprint density at radius 2 is 2.03 bits per heavy atom. The van der Waals surface area contributed by atoms with Crippen molar-refractivity contribution in [3.63, 3.8) is 0 Å². The highest BCUT2D eigenvalue weighted by Gasteiger charge is 2.19. The summed E-state index contributed by atoms with van der Waals surface area (Å²) in [5, 5.41) is 20.1. The molecule has 0 saturated heterocycles. The molecule has 0 fully saturated rings. The van der Waals surface area contributed by atoms with Gasteiger partial charge in [-0.25, -0.2) is 18.4 Å². The van der Waals surface area contributed by atoms with E-state index in [0.717, 1.165) is 12.0 Å². The van der Waals surface area contributed by atoms with Crippen molar-refractivity contribution in [2.45, 2.75) is 26.1 Å². The minimum Gasteiger partial charge on any atom is -0.508 e. The van der Waals surface area contributed by atoms with E-state index < -0.39 is 18.1 Å². The van der Waals surface area contributed by atoms with Gasteiger partial charge in [0.2, 0.25) is 0 Å². The predicted octanol–water partition coefficient (Wildman–Crippen LogP) is 3.47.